The van der Waals surface area contributed by atoms with Crippen molar-refractivity contribution in [1.29, 1.82) is 0 Å². The van der Waals surface area contributed by atoms with Gasteiger partial charge >= 0.3 is 11.9 Å². The molecule has 0 aromatic carbocycles. The van der Waals surface area contributed by atoms with Crippen LogP contribution in [0.2, 0.25) is 0 Å². The van der Waals surface area contributed by atoms with Crippen molar-refractivity contribution in [2.45, 2.75) is 51.0 Å². The molecule has 0 radical (unpaired) electrons. The summed E-state index contributed by atoms with van der Waals surface area (Å²) in [6.07, 6.45) is 9.60. The number of carbonyl (C=O) groups excluding carboxylic acids is 3. The SMILES string of the molecule is COC(=O)/C=C/C[C@@H](NC(=O)C12CC3CC(CC(C3)C1)C2)C(=O)OC. The minimum atomic E-state index is -0.772. The summed E-state index contributed by atoms with van der Waals surface area (Å²) >= 11 is 0. The van der Waals surface area contributed by atoms with E-state index in [0.717, 1.165) is 19.3 Å². The molecule has 0 heterocycles. The molecular weight excluding hydrogens is 322 g/mol. The molecule has 0 aliphatic heterocycles. The van der Waals surface area contributed by atoms with Gasteiger partial charge in [0.05, 0.1) is 14.2 Å². The van der Waals surface area contributed by atoms with E-state index in [1.807, 2.05) is 0 Å². The Morgan fingerprint density at radius 1 is 1.04 bits per heavy atom. The highest BCUT2D eigenvalue weighted by molar-refractivity contribution is 5.88. The Hall–Kier alpha value is -1.85. The lowest BCUT2D eigenvalue weighted by atomic mass is 9.49. The van der Waals surface area contributed by atoms with Gasteiger partial charge in [-0.05, 0) is 62.7 Å². The van der Waals surface area contributed by atoms with Gasteiger partial charge in [-0.15, -0.1) is 0 Å². The van der Waals surface area contributed by atoms with Crippen LogP contribution in [-0.4, -0.2) is 38.1 Å². The van der Waals surface area contributed by atoms with Crippen LogP contribution in [0.5, 0.6) is 0 Å². The summed E-state index contributed by atoms with van der Waals surface area (Å²) in [6.45, 7) is 0. The van der Waals surface area contributed by atoms with Gasteiger partial charge < -0.3 is 14.8 Å². The Morgan fingerprint density at radius 2 is 1.60 bits per heavy atom. The molecule has 0 unspecified atom stereocenters. The van der Waals surface area contributed by atoms with Gasteiger partial charge in [-0.3, -0.25) is 4.79 Å². The van der Waals surface area contributed by atoms with E-state index in [4.69, 9.17) is 4.74 Å². The van der Waals surface area contributed by atoms with Crippen LogP contribution in [0.1, 0.15) is 44.9 Å². The van der Waals surface area contributed by atoms with E-state index in [1.165, 1.54) is 45.6 Å². The van der Waals surface area contributed by atoms with Gasteiger partial charge in [0.1, 0.15) is 6.04 Å². The molecule has 4 aliphatic carbocycles. The zero-order valence-corrected chi connectivity index (χ0v) is 15.0. The van der Waals surface area contributed by atoms with Crippen molar-refractivity contribution in [1.82, 2.24) is 5.32 Å². The maximum Gasteiger partial charge on any atom is 0.330 e. The quantitative estimate of drug-likeness (QED) is 0.586. The van der Waals surface area contributed by atoms with E-state index < -0.39 is 18.0 Å². The van der Waals surface area contributed by atoms with Crippen molar-refractivity contribution in [3.8, 4) is 0 Å². The molecule has 1 atom stereocenters. The van der Waals surface area contributed by atoms with E-state index >= 15 is 0 Å². The average molecular weight is 349 g/mol. The first kappa shape index (κ1) is 18.0. The predicted molar refractivity (Wildman–Crippen MR) is 90.3 cm³/mol. The maximum atomic E-state index is 13.0. The van der Waals surface area contributed by atoms with Crippen LogP contribution in [0.4, 0.5) is 0 Å². The Kier molecular flexibility index (Phi) is 5.16. The fraction of sp³-hybridized carbons (Fsp3) is 0.737. The van der Waals surface area contributed by atoms with E-state index in [9.17, 15) is 14.4 Å². The van der Waals surface area contributed by atoms with E-state index in [1.54, 1.807) is 0 Å². The summed E-state index contributed by atoms with van der Waals surface area (Å²) in [5.41, 5.74) is -0.312. The molecule has 1 amide bonds. The van der Waals surface area contributed by atoms with Gasteiger partial charge in [-0.1, -0.05) is 6.08 Å². The second-order valence-corrected chi connectivity index (χ2v) is 7.91. The second-order valence-electron chi connectivity index (χ2n) is 7.91. The molecule has 0 aromatic rings. The number of esters is 2. The molecule has 25 heavy (non-hydrogen) atoms. The van der Waals surface area contributed by atoms with Crippen molar-refractivity contribution in [2.24, 2.45) is 23.2 Å². The second kappa shape index (κ2) is 7.18. The molecule has 1 N–H and O–H groups in total. The Balaban J connectivity index is 1.66. The number of carbonyl (C=O) groups is 3. The lowest BCUT2D eigenvalue weighted by Crippen LogP contribution is -2.56. The first-order valence-corrected chi connectivity index (χ1v) is 9.09. The maximum absolute atomic E-state index is 13.0. The first-order chi connectivity index (χ1) is 12.0. The number of amides is 1. The number of hydrogen-bond donors (Lipinski definition) is 1. The van der Waals surface area contributed by atoms with Crippen molar-refractivity contribution in [3.05, 3.63) is 12.2 Å². The first-order valence-electron chi connectivity index (χ1n) is 9.09. The molecule has 6 heteroatoms. The minimum Gasteiger partial charge on any atom is -0.467 e. The van der Waals surface area contributed by atoms with Crippen molar-refractivity contribution >= 4 is 17.8 Å². The van der Waals surface area contributed by atoms with Gasteiger partial charge in [0.2, 0.25) is 5.91 Å². The zero-order valence-electron chi connectivity index (χ0n) is 15.0. The summed E-state index contributed by atoms with van der Waals surface area (Å²) in [6, 6.07) is -0.772. The van der Waals surface area contributed by atoms with Gasteiger partial charge in [0.25, 0.3) is 0 Å². The molecular formula is C19H27NO5. The summed E-state index contributed by atoms with van der Waals surface area (Å²) in [5, 5.41) is 2.90. The molecule has 138 valence electrons. The third kappa shape index (κ3) is 3.72. The molecule has 4 bridgehead atoms. The third-order valence-electron chi connectivity index (χ3n) is 6.14. The lowest BCUT2D eigenvalue weighted by Gasteiger charge is -2.55. The van der Waals surface area contributed by atoms with E-state index in [-0.39, 0.29) is 17.7 Å². The fourth-order valence-electron chi connectivity index (χ4n) is 5.42. The van der Waals surface area contributed by atoms with Crippen LogP contribution in [0.15, 0.2) is 12.2 Å². The molecule has 4 rings (SSSR count). The third-order valence-corrected chi connectivity index (χ3v) is 6.14. The van der Waals surface area contributed by atoms with Gasteiger partial charge in [0.15, 0.2) is 0 Å². The number of rotatable bonds is 6. The highest BCUT2D eigenvalue weighted by atomic mass is 16.5. The van der Waals surface area contributed by atoms with E-state index in [0.29, 0.717) is 17.8 Å². The van der Waals surface area contributed by atoms with Gasteiger partial charge in [0, 0.05) is 11.5 Å². The van der Waals surface area contributed by atoms with Gasteiger partial charge in [-0.25, -0.2) is 9.59 Å². The number of methoxy groups -OCH3 is 2. The standard InChI is InChI=1S/C19H27NO5/c1-24-16(21)5-3-4-15(17(22)25-2)20-18(23)19-9-12-6-13(10-19)8-14(7-12)11-19/h3,5,12-15H,4,6-11H2,1-2H3,(H,20,23)/b5-3+/t12?,13?,14?,15-,19?/m1/s1. The monoisotopic (exact) mass is 349 g/mol. The lowest BCUT2D eigenvalue weighted by molar-refractivity contribution is -0.152. The highest BCUT2D eigenvalue weighted by Crippen LogP contribution is 2.60. The van der Waals surface area contributed by atoms with Crippen LogP contribution >= 0.6 is 0 Å². The largest absolute Gasteiger partial charge is 0.467 e. The Morgan fingerprint density at radius 3 is 2.08 bits per heavy atom. The van der Waals surface area contributed by atoms with Crippen molar-refractivity contribution < 1.29 is 23.9 Å². The number of ether oxygens (including phenoxy) is 2. The fourth-order valence-corrected chi connectivity index (χ4v) is 5.42. The minimum absolute atomic E-state index is 0.0199. The molecule has 4 saturated carbocycles. The van der Waals surface area contributed by atoms with Crippen molar-refractivity contribution in [2.75, 3.05) is 14.2 Å². The number of nitrogens with one attached hydrogen (secondary N) is 1. The Labute approximate surface area is 148 Å². The smallest absolute Gasteiger partial charge is 0.330 e. The molecule has 0 aromatic heterocycles. The summed E-state index contributed by atoms with van der Waals surface area (Å²) < 4.78 is 9.35. The average Bonchev–Trinajstić information content (AvgIpc) is 2.58. The summed E-state index contributed by atoms with van der Waals surface area (Å²) in [4.78, 5) is 36.3. The predicted octanol–water partition coefficient (Wildman–Crippen LogP) is 1.98. The number of hydrogen-bond acceptors (Lipinski definition) is 5. The van der Waals surface area contributed by atoms with Gasteiger partial charge in [-0.2, -0.15) is 0 Å². The van der Waals surface area contributed by atoms with Crippen molar-refractivity contribution in [3.63, 3.8) is 0 Å². The Bertz CT molecular complexity index is 547. The normalized spacial score (nSPS) is 33.9. The summed E-state index contributed by atoms with van der Waals surface area (Å²) in [7, 11) is 2.59. The molecule has 4 aliphatic rings. The zero-order chi connectivity index (χ0) is 18.0. The van der Waals surface area contributed by atoms with Crippen LogP contribution < -0.4 is 5.32 Å². The molecule has 4 fully saturated rings. The van der Waals surface area contributed by atoms with Crippen LogP contribution in [0.3, 0.4) is 0 Å². The van der Waals surface area contributed by atoms with E-state index in [2.05, 4.69) is 10.1 Å². The molecule has 6 nitrogen and oxygen atoms in total. The van der Waals surface area contributed by atoms with Crippen LogP contribution in [-0.2, 0) is 23.9 Å². The molecule has 0 saturated heterocycles. The van der Waals surface area contributed by atoms with Crippen LogP contribution in [0.25, 0.3) is 0 Å². The van der Waals surface area contributed by atoms with Crippen LogP contribution in [0, 0.1) is 23.2 Å². The highest BCUT2D eigenvalue weighted by Gasteiger charge is 2.54. The topological polar surface area (TPSA) is 81.7 Å². The molecule has 0 spiro atoms. The summed E-state index contributed by atoms with van der Waals surface area (Å²) in [5.74, 6) is 0.977.